The highest BCUT2D eigenvalue weighted by Crippen LogP contribution is 2.31. The summed E-state index contributed by atoms with van der Waals surface area (Å²) in [5, 5.41) is 3.49. The molecule has 39 heavy (non-hydrogen) atoms. The molecule has 1 aliphatic carbocycles. The highest BCUT2D eigenvalue weighted by atomic mass is 16.5. The van der Waals surface area contributed by atoms with Crippen LogP contribution in [-0.4, -0.2) is 52.7 Å². The van der Waals surface area contributed by atoms with Gasteiger partial charge >= 0.3 is 5.97 Å². The van der Waals surface area contributed by atoms with Crippen molar-refractivity contribution in [1.82, 2.24) is 9.47 Å². The molecule has 8 nitrogen and oxygen atoms in total. The van der Waals surface area contributed by atoms with Crippen molar-refractivity contribution in [2.45, 2.75) is 58.9 Å². The third kappa shape index (κ3) is 6.74. The van der Waals surface area contributed by atoms with Gasteiger partial charge in [-0.2, -0.15) is 0 Å². The molecule has 2 amide bonds. The third-order valence-electron chi connectivity index (χ3n) is 7.08. The van der Waals surface area contributed by atoms with Gasteiger partial charge in [0.25, 0.3) is 11.7 Å². The number of fused-ring (bicyclic) bond motifs is 1. The standard InChI is InChI=1S/C31H37N3O5/c1-4-16-33(18-21-12-13-21)31(38)29(36)26-19-34(20-28(35)39-6-3)27-15-14-23(17-25(26)27)32-30(37)24(5-2)22-10-8-7-9-11-22/h7-11,14-15,17,19,21,24H,4-6,12-13,16,18,20H2,1-3H3,(H,32,37). The van der Waals surface area contributed by atoms with Crippen LogP contribution in [0.2, 0.25) is 0 Å². The number of ether oxygens (including phenoxy) is 1. The van der Waals surface area contributed by atoms with E-state index in [9.17, 15) is 19.2 Å². The van der Waals surface area contributed by atoms with Crippen molar-refractivity contribution >= 4 is 40.2 Å². The van der Waals surface area contributed by atoms with Crippen molar-refractivity contribution in [3.63, 3.8) is 0 Å². The Kier molecular flexibility index (Phi) is 9.17. The van der Waals surface area contributed by atoms with Gasteiger partial charge in [0, 0.05) is 35.9 Å². The molecule has 1 N–H and O–H groups in total. The van der Waals surface area contributed by atoms with E-state index in [0.717, 1.165) is 24.8 Å². The van der Waals surface area contributed by atoms with Crippen LogP contribution in [0.25, 0.3) is 10.9 Å². The number of ketones is 1. The first-order chi connectivity index (χ1) is 18.9. The zero-order valence-electron chi connectivity index (χ0n) is 22.9. The molecule has 2 aromatic carbocycles. The summed E-state index contributed by atoms with van der Waals surface area (Å²) in [5.41, 5.74) is 2.26. The molecule has 1 saturated carbocycles. The number of rotatable bonds is 13. The fourth-order valence-electron chi connectivity index (χ4n) is 4.94. The van der Waals surface area contributed by atoms with Crippen molar-refractivity contribution in [1.29, 1.82) is 0 Å². The zero-order valence-corrected chi connectivity index (χ0v) is 22.9. The lowest BCUT2D eigenvalue weighted by Crippen LogP contribution is -2.38. The second kappa shape index (κ2) is 12.7. The summed E-state index contributed by atoms with van der Waals surface area (Å²) in [6.07, 6.45) is 5.08. The van der Waals surface area contributed by atoms with E-state index in [1.54, 1.807) is 40.8 Å². The lowest BCUT2D eigenvalue weighted by atomic mass is 9.95. The van der Waals surface area contributed by atoms with Crippen molar-refractivity contribution in [2.24, 2.45) is 5.92 Å². The van der Waals surface area contributed by atoms with Gasteiger partial charge in [0.2, 0.25) is 5.91 Å². The zero-order chi connectivity index (χ0) is 27.9. The summed E-state index contributed by atoms with van der Waals surface area (Å²) >= 11 is 0. The summed E-state index contributed by atoms with van der Waals surface area (Å²) in [6, 6.07) is 14.8. The molecule has 206 valence electrons. The maximum Gasteiger partial charge on any atom is 0.325 e. The number of amides is 2. The molecule has 1 atom stereocenters. The van der Waals surface area contributed by atoms with Crippen LogP contribution in [0, 0.1) is 5.92 Å². The van der Waals surface area contributed by atoms with Gasteiger partial charge in [0.05, 0.1) is 18.1 Å². The van der Waals surface area contributed by atoms with Crippen LogP contribution < -0.4 is 5.32 Å². The summed E-state index contributed by atoms with van der Waals surface area (Å²) < 4.78 is 6.74. The molecule has 0 spiro atoms. The fraction of sp³-hybridized carbons (Fsp3) is 0.419. The molecule has 1 unspecified atom stereocenters. The van der Waals surface area contributed by atoms with Gasteiger partial charge in [0.1, 0.15) is 6.54 Å². The molecule has 1 aliphatic rings. The van der Waals surface area contributed by atoms with Gasteiger partial charge in [0.15, 0.2) is 0 Å². The second-order valence-electron chi connectivity index (χ2n) is 10.1. The first kappa shape index (κ1) is 28.1. The van der Waals surface area contributed by atoms with Crippen LogP contribution in [0.4, 0.5) is 5.69 Å². The first-order valence-electron chi connectivity index (χ1n) is 13.8. The molecule has 0 aliphatic heterocycles. The summed E-state index contributed by atoms with van der Waals surface area (Å²) in [4.78, 5) is 54.0. The van der Waals surface area contributed by atoms with E-state index in [0.29, 0.717) is 42.0 Å². The molecule has 1 fully saturated rings. The lowest BCUT2D eigenvalue weighted by molar-refractivity contribution is -0.143. The number of Topliss-reactive ketones (excluding diaryl/α,β-unsaturated/α-hetero) is 1. The monoisotopic (exact) mass is 531 g/mol. The minimum Gasteiger partial charge on any atom is -0.465 e. The molecule has 0 radical (unpaired) electrons. The highest BCUT2D eigenvalue weighted by molar-refractivity contribution is 6.45. The molecule has 0 bridgehead atoms. The van der Waals surface area contributed by atoms with Gasteiger partial charge in [-0.25, -0.2) is 0 Å². The van der Waals surface area contributed by atoms with E-state index >= 15 is 0 Å². The van der Waals surface area contributed by atoms with E-state index in [1.807, 2.05) is 44.2 Å². The van der Waals surface area contributed by atoms with Crippen LogP contribution in [0.3, 0.4) is 0 Å². The third-order valence-corrected chi connectivity index (χ3v) is 7.08. The number of carbonyl (C=O) groups excluding carboxylic acids is 4. The van der Waals surface area contributed by atoms with Gasteiger partial charge in [-0.3, -0.25) is 19.2 Å². The normalized spacial score (nSPS) is 13.6. The average Bonchev–Trinajstić information content (AvgIpc) is 3.69. The van der Waals surface area contributed by atoms with Crippen LogP contribution in [0.1, 0.15) is 68.3 Å². The van der Waals surface area contributed by atoms with E-state index in [4.69, 9.17) is 4.74 Å². The second-order valence-corrected chi connectivity index (χ2v) is 10.1. The number of aromatic nitrogens is 1. The van der Waals surface area contributed by atoms with Gasteiger partial charge in [-0.1, -0.05) is 44.2 Å². The average molecular weight is 532 g/mol. The molecule has 1 heterocycles. The summed E-state index contributed by atoms with van der Waals surface area (Å²) in [7, 11) is 0. The van der Waals surface area contributed by atoms with E-state index < -0.39 is 17.7 Å². The maximum atomic E-state index is 13.6. The summed E-state index contributed by atoms with van der Waals surface area (Å²) in [6.45, 7) is 6.92. The molecule has 4 rings (SSSR count). The first-order valence-corrected chi connectivity index (χ1v) is 13.8. The molecule has 8 heteroatoms. The predicted molar refractivity (Wildman–Crippen MR) is 151 cm³/mol. The van der Waals surface area contributed by atoms with Crippen LogP contribution >= 0.6 is 0 Å². The van der Waals surface area contributed by atoms with E-state index in [1.165, 1.54) is 0 Å². The number of carbonyl (C=O) groups is 4. The Hall–Kier alpha value is -3.94. The largest absolute Gasteiger partial charge is 0.465 e. The molecular weight excluding hydrogens is 494 g/mol. The Balaban J connectivity index is 1.67. The number of benzene rings is 2. The number of hydrogen-bond donors (Lipinski definition) is 1. The molecular formula is C31H37N3O5. The highest BCUT2D eigenvalue weighted by Gasteiger charge is 2.31. The fourth-order valence-corrected chi connectivity index (χ4v) is 4.94. The Morgan fingerprint density at radius 2 is 1.79 bits per heavy atom. The Bertz CT molecular complexity index is 1340. The molecule has 1 aromatic heterocycles. The van der Waals surface area contributed by atoms with Crippen LogP contribution in [0.5, 0.6) is 0 Å². The van der Waals surface area contributed by atoms with Crippen LogP contribution in [0.15, 0.2) is 54.7 Å². The van der Waals surface area contributed by atoms with Gasteiger partial charge in [-0.05, 0) is 62.3 Å². The minimum absolute atomic E-state index is 0.0931. The molecule has 0 saturated heterocycles. The topological polar surface area (TPSA) is 97.7 Å². The van der Waals surface area contributed by atoms with Crippen molar-refractivity contribution in [2.75, 3.05) is 25.0 Å². The maximum absolute atomic E-state index is 13.6. The minimum atomic E-state index is -0.615. The van der Waals surface area contributed by atoms with E-state index in [2.05, 4.69) is 5.32 Å². The van der Waals surface area contributed by atoms with E-state index in [-0.39, 0.29) is 30.5 Å². The van der Waals surface area contributed by atoms with Gasteiger partial charge < -0.3 is 19.5 Å². The summed E-state index contributed by atoms with van der Waals surface area (Å²) in [5.74, 6) is -1.62. The number of nitrogens with zero attached hydrogens (tertiary/aromatic N) is 2. The van der Waals surface area contributed by atoms with Crippen molar-refractivity contribution in [3.8, 4) is 0 Å². The smallest absolute Gasteiger partial charge is 0.325 e. The van der Waals surface area contributed by atoms with Crippen LogP contribution in [-0.2, 0) is 25.7 Å². The molecule has 3 aromatic rings. The number of esters is 1. The SMILES string of the molecule is CCCN(CC1CC1)C(=O)C(=O)c1cn(CC(=O)OCC)c2ccc(NC(=O)C(CC)c3ccccc3)cc12. The number of anilines is 1. The van der Waals surface area contributed by atoms with Gasteiger partial charge in [-0.15, -0.1) is 0 Å². The lowest BCUT2D eigenvalue weighted by Gasteiger charge is -2.21. The Morgan fingerprint density at radius 3 is 2.44 bits per heavy atom. The quantitative estimate of drug-likeness (QED) is 0.186. The van der Waals surface area contributed by atoms with Crippen molar-refractivity contribution < 1.29 is 23.9 Å². The number of hydrogen-bond acceptors (Lipinski definition) is 5. The predicted octanol–water partition coefficient (Wildman–Crippen LogP) is 5.17. The van der Waals surface area contributed by atoms with Crippen molar-refractivity contribution in [3.05, 3.63) is 65.9 Å². The number of nitrogens with one attached hydrogen (secondary N) is 1. The Labute approximate surface area is 229 Å². The Morgan fingerprint density at radius 1 is 1.05 bits per heavy atom.